The summed E-state index contributed by atoms with van der Waals surface area (Å²) < 4.78 is 51.3. The largest absolute Gasteiger partial charge is 0.352 e. The van der Waals surface area contributed by atoms with Crippen LogP contribution in [0.5, 0.6) is 0 Å². The van der Waals surface area contributed by atoms with E-state index in [2.05, 4.69) is 10.2 Å². The molecule has 140 valence electrons. The van der Waals surface area contributed by atoms with Crippen molar-refractivity contribution in [2.24, 2.45) is 0 Å². The summed E-state index contributed by atoms with van der Waals surface area (Å²) in [7, 11) is -1.42. The van der Waals surface area contributed by atoms with Gasteiger partial charge in [-0.1, -0.05) is 10.5 Å². The van der Waals surface area contributed by atoms with Gasteiger partial charge in [0.05, 0.1) is 12.0 Å². The van der Waals surface area contributed by atoms with Crippen LogP contribution in [-0.4, -0.2) is 39.5 Å². The van der Waals surface area contributed by atoms with E-state index < -0.39 is 27.6 Å². The molecule has 0 saturated carbocycles. The molecule has 0 unspecified atom stereocenters. The number of hydrogen-bond donors (Lipinski definition) is 1. The van der Waals surface area contributed by atoms with Gasteiger partial charge < -0.3 is 5.32 Å². The van der Waals surface area contributed by atoms with Gasteiger partial charge in [-0.05, 0) is 42.3 Å². The van der Waals surface area contributed by atoms with Crippen LogP contribution in [0, 0.1) is 11.6 Å². The van der Waals surface area contributed by atoms with Crippen molar-refractivity contribution in [2.75, 3.05) is 20.7 Å². The SMILES string of the molecule is CON(C)S(=O)(=O)c1cccc(C(=O)NCCc2cc(F)cc(F)c2)c1. The molecule has 6 nitrogen and oxygen atoms in total. The Bertz CT molecular complexity index is 883. The number of halogens is 2. The van der Waals surface area contributed by atoms with Crippen LogP contribution in [0.4, 0.5) is 8.78 Å². The van der Waals surface area contributed by atoms with E-state index in [0.717, 1.165) is 6.07 Å². The van der Waals surface area contributed by atoms with E-state index in [0.29, 0.717) is 10.0 Å². The van der Waals surface area contributed by atoms with Gasteiger partial charge in [-0.2, -0.15) is 0 Å². The molecule has 1 N–H and O–H groups in total. The Morgan fingerprint density at radius 2 is 1.81 bits per heavy atom. The van der Waals surface area contributed by atoms with Crippen LogP contribution in [-0.2, 0) is 21.3 Å². The van der Waals surface area contributed by atoms with Gasteiger partial charge in [0.2, 0.25) is 0 Å². The number of carbonyl (C=O) groups is 1. The van der Waals surface area contributed by atoms with Crippen molar-refractivity contribution in [1.82, 2.24) is 9.79 Å². The lowest BCUT2D eigenvalue weighted by atomic mass is 10.1. The third-order valence-electron chi connectivity index (χ3n) is 3.61. The fourth-order valence-corrected chi connectivity index (χ4v) is 3.24. The van der Waals surface area contributed by atoms with E-state index in [4.69, 9.17) is 0 Å². The van der Waals surface area contributed by atoms with E-state index in [1.165, 1.54) is 50.6 Å². The molecule has 9 heteroatoms. The third-order valence-corrected chi connectivity index (χ3v) is 5.29. The summed E-state index contributed by atoms with van der Waals surface area (Å²) >= 11 is 0. The van der Waals surface area contributed by atoms with Gasteiger partial charge >= 0.3 is 0 Å². The van der Waals surface area contributed by atoms with Crippen LogP contribution >= 0.6 is 0 Å². The molecule has 0 aromatic heterocycles. The summed E-state index contributed by atoms with van der Waals surface area (Å²) in [6.45, 7) is 0.136. The van der Waals surface area contributed by atoms with Gasteiger partial charge in [0.15, 0.2) is 0 Å². The predicted octanol–water partition coefficient (Wildman–Crippen LogP) is 2.12. The average molecular weight is 384 g/mol. The molecule has 0 aliphatic carbocycles. The molecule has 2 rings (SSSR count). The Labute approximate surface area is 150 Å². The average Bonchev–Trinajstić information content (AvgIpc) is 2.60. The standard InChI is InChI=1S/C17H18F2N2O4S/c1-21(25-2)26(23,24)16-5-3-4-13(10-16)17(22)20-7-6-12-8-14(18)11-15(19)9-12/h3-5,8-11H,6-7H2,1-2H3,(H,20,22). The molecule has 2 aromatic rings. The summed E-state index contributed by atoms with van der Waals surface area (Å²) in [4.78, 5) is 16.8. The van der Waals surface area contributed by atoms with Gasteiger partial charge in [0.1, 0.15) is 11.6 Å². The Hall–Kier alpha value is -2.36. The van der Waals surface area contributed by atoms with Gasteiger partial charge in [-0.15, -0.1) is 0 Å². The monoisotopic (exact) mass is 384 g/mol. The lowest BCUT2D eigenvalue weighted by Crippen LogP contribution is -2.28. The number of nitrogens with zero attached hydrogens (tertiary/aromatic N) is 1. The minimum atomic E-state index is -3.87. The van der Waals surface area contributed by atoms with Gasteiger partial charge in [0, 0.05) is 25.2 Å². The minimum Gasteiger partial charge on any atom is -0.352 e. The van der Waals surface area contributed by atoms with E-state index in [1.807, 2.05) is 0 Å². The molecule has 0 atom stereocenters. The zero-order chi connectivity index (χ0) is 19.3. The van der Waals surface area contributed by atoms with Crippen molar-refractivity contribution in [3.63, 3.8) is 0 Å². The molecule has 0 heterocycles. The topological polar surface area (TPSA) is 75.7 Å². The Morgan fingerprint density at radius 3 is 2.42 bits per heavy atom. The molecule has 0 saturated heterocycles. The Balaban J connectivity index is 2.05. The van der Waals surface area contributed by atoms with E-state index >= 15 is 0 Å². The summed E-state index contributed by atoms with van der Waals surface area (Å²) in [5, 5.41) is 2.58. The highest BCUT2D eigenvalue weighted by Crippen LogP contribution is 2.16. The fraction of sp³-hybridized carbons (Fsp3) is 0.235. The molecule has 0 aliphatic rings. The lowest BCUT2D eigenvalue weighted by Gasteiger charge is -2.14. The molecular formula is C17H18F2N2O4S. The molecule has 26 heavy (non-hydrogen) atoms. The van der Waals surface area contributed by atoms with Crippen molar-refractivity contribution < 1.29 is 26.8 Å². The van der Waals surface area contributed by atoms with Crippen molar-refractivity contribution in [3.8, 4) is 0 Å². The maximum atomic E-state index is 13.1. The summed E-state index contributed by atoms with van der Waals surface area (Å²) in [5.74, 6) is -1.88. The number of hydrogen-bond acceptors (Lipinski definition) is 4. The molecule has 0 aliphatic heterocycles. The van der Waals surface area contributed by atoms with Gasteiger partial charge in [-0.3, -0.25) is 9.63 Å². The first kappa shape index (κ1) is 20.0. The summed E-state index contributed by atoms with van der Waals surface area (Å²) in [6, 6.07) is 8.60. The van der Waals surface area contributed by atoms with Crippen molar-refractivity contribution in [2.45, 2.75) is 11.3 Å². The summed E-state index contributed by atoms with van der Waals surface area (Å²) in [5.41, 5.74) is 0.543. The predicted molar refractivity (Wildman–Crippen MR) is 90.8 cm³/mol. The lowest BCUT2D eigenvalue weighted by molar-refractivity contribution is -0.0258. The smallest absolute Gasteiger partial charge is 0.264 e. The second-order valence-electron chi connectivity index (χ2n) is 5.41. The van der Waals surface area contributed by atoms with Gasteiger partial charge in [-0.25, -0.2) is 17.2 Å². The summed E-state index contributed by atoms with van der Waals surface area (Å²) in [6.07, 6.45) is 0.227. The molecule has 2 aromatic carbocycles. The van der Waals surface area contributed by atoms with Crippen LogP contribution in [0.25, 0.3) is 0 Å². The second-order valence-corrected chi connectivity index (χ2v) is 7.34. The molecule has 0 fully saturated rings. The maximum Gasteiger partial charge on any atom is 0.264 e. The number of carbonyl (C=O) groups excluding carboxylic acids is 1. The van der Waals surface area contributed by atoms with Crippen molar-refractivity contribution in [1.29, 1.82) is 0 Å². The van der Waals surface area contributed by atoms with E-state index in [1.54, 1.807) is 0 Å². The van der Waals surface area contributed by atoms with E-state index in [-0.39, 0.29) is 23.4 Å². The van der Waals surface area contributed by atoms with Crippen LogP contribution in [0.15, 0.2) is 47.4 Å². The number of hydroxylamine groups is 1. The zero-order valence-electron chi connectivity index (χ0n) is 14.2. The number of rotatable bonds is 7. The number of benzene rings is 2. The molecule has 0 bridgehead atoms. The molecule has 1 amide bonds. The first-order valence-electron chi connectivity index (χ1n) is 7.60. The number of sulfonamides is 1. The Kier molecular flexibility index (Phi) is 6.41. The van der Waals surface area contributed by atoms with Crippen LogP contribution < -0.4 is 5.32 Å². The first-order valence-corrected chi connectivity index (χ1v) is 9.04. The van der Waals surface area contributed by atoms with Crippen LogP contribution in [0.1, 0.15) is 15.9 Å². The van der Waals surface area contributed by atoms with Crippen molar-refractivity contribution in [3.05, 3.63) is 65.2 Å². The highest BCUT2D eigenvalue weighted by molar-refractivity contribution is 7.89. The third kappa shape index (κ3) is 4.84. The normalized spacial score (nSPS) is 11.6. The quantitative estimate of drug-likeness (QED) is 0.742. The van der Waals surface area contributed by atoms with Crippen molar-refractivity contribution >= 4 is 15.9 Å². The maximum absolute atomic E-state index is 13.1. The molecule has 0 spiro atoms. The second kappa shape index (κ2) is 8.35. The first-order chi connectivity index (χ1) is 12.2. The highest BCUT2D eigenvalue weighted by atomic mass is 32.2. The number of amides is 1. The van der Waals surface area contributed by atoms with E-state index in [9.17, 15) is 22.0 Å². The zero-order valence-corrected chi connectivity index (χ0v) is 15.0. The minimum absolute atomic E-state index is 0.0956. The van der Waals surface area contributed by atoms with Crippen LogP contribution in [0.2, 0.25) is 0 Å². The Morgan fingerprint density at radius 1 is 1.15 bits per heavy atom. The van der Waals surface area contributed by atoms with Crippen LogP contribution in [0.3, 0.4) is 0 Å². The fourth-order valence-electron chi connectivity index (χ4n) is 2.22. The van der Waals surface area contributed by atoms with Gasteiger partial charge in [0.25, 0.3) is 15.9 Å². The molecular weight excluding hydrogens is 366 g/mol. The molecule has 0 radical (unpaired) electrons. The number of nitrogens with one attached hydrogen (secondary N) is 1. The highest BCUT2D eigenvalue weighted by Gasteiger charge is 2.21.